The van der Waals surface area contributed by atoms with E-state index in [2.05, 4.69) is 10.1 Å². The average molecular weight is 470 g/mol. The Kier molecular flexibility index (Phi) is 6.73. The van der Waals surface area contributed by atoms with Crippen molar-refractivity contribution in [3.63, 3.8) is 0 Å². The minimum Gasteiger partial charge on any atom is -0.489 e. The number of aryl methyl sites for hydroxylation is 1. The van der Waals surface area contributed by atoms with Gasteiger partial charge < -0.3 is 9.47 Å². The number of amides is 4. The third-order valence-electron chi connectivity index (χ3n) is 5.34. The molecule has 0 radical (unpaired) electrons. The zero-order valence-corrected chi connectivity index (χ0v) is 19.1. The maximum Gasteiger partial charge on any atom is 0.337 e. The maximum absolute atomic E-state index is 13.1. The van der Waals surface area contributed by atoms with E-state index in [1.54, 1.807) is 24.3 Å². The first-order chi connectivity index (χ1) is 16.9. The summed E-state index contributed by atoms with van der Waals surface area (Å²) in [4.78, 5) is 50.5. The Balaban J connectivity index is 1.55. The van der Waals surface area contributed by atoms with Gasteiger partial charge in [-0.1, -0.05) is 42.0 Å². The number of esters is 1. The Bertz CT molecular complexity index is 1330. The molecular weight excluding hydrogens is 448 g/mol. The first-order valence-corrected chi connectivity index (χ1v) is 10.7. The molecule has 1 N–H and O–H groups in total. The van der Waals surface area contributed by atoms with Crippen LogP contribution in [0.4, 0.5) is 10.5 Å². The first kappa shape index (κ1) is 23.4. The Morgan fingerprint density at radius 2 is 1.69 bits per heavy atom. The Morgan fingerprint density at radius 1 is 0.971 bits per heavy atom. The van der Waals surface area contributed by atoms with Crippen LogP contribution in [0.1, 0.15) is 27.0 Å². The summed E-state index contributed by atoms with van der Waals surface area (Å²) in [6.07, 6.45) is 1.40. The molecule has 35 heavy (non-hydrogen) atoms. The molecule has 3 aromatic rings. The minimum absolute atomic E-state index is 0.203. The van der Waals surface area contributed by atoms with Crippen LogP contribution in [0.2, 0.25) is 0 Å². The molecule has 8 heteroatoms. The molecule has 0 aliphatic carbocycles. The monoisotopic (exact) mass is 470 g/mol. The van der Waals surface area contributed by atoms with Gasteiger partial charge in [-0.3, -0.25) is 14.9 Å². The largest absolute Gasteiger partial charge is 0.489 e. The summed E-state index contributed by atoms with van der Waals surface area (Å²) in [5, 5.41) is 2.18. The summed E-state index contributed by atoms with van der Waals surface area (Å²) >= 11 is 0. The molecule has 1 saturated heterocycles. The van der Waals surface area contributed by atoms with Crippen LogP contribution in [-0.2, 0) is 20.9 Å². The van der Waals surface area contributed by atoms with Crippen LogP contribution >= 0.6 is 0 Å². The number of barbiturate groups is 1. The van der Waals surface area contributed by atoms with Crippen LogP contribution in [0.5, 0.6) is 5.75 Å². The van der Waals surface area contributed by atoms with E-state index in [-0.39, 0.29) is 16.8 Å². The minimum atomic E-state index is -0.877. The van der Waals surface area contributed by atoms with Crippen molar-refractivity contribution in [2.75, 3.05) is 12.0 Å². The molecule has 0 saturated carbocycles. The number of carbonyl (C=O) groups excluding carboxylic acids is 4. The lowest BCUT2D eigenvalue weighted by atomic mass is 10.1. The van der Waals surface area contributed by atoms with Gasteiger partial charge in [-0.15, -0.1) is 0 Å². The highest BCUT2D eigenvalue weighted by Gasteiger charge is 2.36. The van der Waals surface area contributed by atoms with E-state index in [0.29, 0.717) is 17.9 Å². The summed E-state index contributed by atoms with van der Waals surface area (Å²) in [5.41, 5.74) is 2.97. The van der Waals surface area contributed by atoms with Crippen LogP contribution in [0.3, 0.4) is 0 Å². The molecule has 4 amide bonds. The summed E-state index contributed by atoms with van der Waals surface area (Å²) in [5.74, 6) is -1.56. The van der Waals surface area contributed by atoms with E-state index in [4.69, 9.17) is 4.74 Å². The van der Waals surface area contributed by atoms with Crippen LogP contribution in [-0.4, -0.2) is 30.9 Å². The maximum atomic E-state index is 13.1. The van der Waals surface area contributed by atoms with Gasteiger partial charge in [0.05, 0.1) is 18.4 Å². The van der Waals surface area contributed by atoms with Crippen molar-refractivity contribution in [3.8, 4) is 5.75 Å². The number of benzene rings is 3. The second kappa shape index (κ2) is 10.0. The topological polar surface area (TPSA) is 102 Å². The van der Waals surface area contributed by atoms with Crippen molar-refractivity contribution in [2.45, 2.75) is 13.5 Å². The third-order valence-corrected chi connectivity index (χ3v) is 5.34. The number of nitrogens with zero attached hydrogens (tertiary/aromatic N) is 1. The fraction of sp³-hybridized carbons (Fsp3) is 0.111. The molecule has 176 valence electrons. The van der Waals surface area contributed by atoms with Crippen LogP contribution < -0.4 is 15.0 Å². The Labute approximate surface area is 201 Å². The van der Waals surface area contributed by atoms with E-state index < -0.39 is 23.8 Å². The fourth-order valence-corrected chi connectivity index (χ4v) is 3.47. The van der Waals surface area contributed by atoms with Gasteiger partial charge in [-0.25, -0.2) is 14.5 Å². The smallest absolute Gasteiger partial charge is 0.337 e. The van der Waals surface area contributed by atoms with E-state index in [0.717, 1.165) is 16.0 Å². The third kappa shape index (κ3) is 5.27. The number of nitrogens with one attached hydrogen (secondary N) is 1. The number of hydrogen-bond donors (Lipinski definition) is 1. The summed E-state index contributed by atoms with van der Waals surface area (Å²) in [6, 6.07) is 19.7. The predicted molar refractivity (Wildman–Crippen MR) is 129 cm³/mol. The van der Waals surface area contributed by atoms with Crippen molar-refractivity contribution in [1.29, 1.82) is 0 Å². The van der Waals surface area contributed by atoms with Crippen molar-refractivity contribution in [2.24, 2.45) is 0 Å². The lowest BCUT2D eigenvalue weighted by molar-refractivity contribution is -0.122. The van der Waals surface area contributed by atoms with Crippen LogP contribution in [0.25, 0.3) is 6.08 Å². The molecule has 1 aliphatic rings. The lowest BCUT2D eigenvalue weighted by Gasteiger charge is -2.26. The molecule has 1 aliphatic heterocycles. The summed E-state index contributed by atoms with van der Waals surface area (Å²) in [7, 11) is 1.25. The summed E-state index contributed by atoms with van der Waals surface area (Å²) < 4.78 is 10.5. The Hall–Kier alpha value is -4.72. The normalized spacial score (nSPS) is 14.6. The molecule has 8 nitrogen and oxygen atoms in total. The zero-order valence-electron chi connectivity index (χ0n) is 19.1. The number of imide groups is 2. The predicted octanol–water partition coefficient (Wildman–Crippen LogP) is 4.03. The highest BCUT2D eigenvalue weighted by atomic mass is 16.5. The van der Waals surface area contributed by atoms with Gasteiger partial charge in [0.15, 0.2) is 0 Å². The number of rotatable bonds is 6. The number of carbonyl (C=O) groups is 4. The summed E-state index contributed by atoms with van der Waals surface area (Å²) in [6.45, 7) is 2.37. The number of ether oxygens (including phenoxy) is 2. The first-order valence-electron chi connectivity index (χ1n) is 10.7. The SMILES string of the molecule is COC(=O)c1ccc(N2C(=O)NC(=O)/C(=C/c3cccc(OCc4ccc(C)cc4)c3)C2=O)cc1. The number of urea groups is 1. The molecule has 4 rings (SSSR count). The van der Waals surface area contributed by atoms with Gasteiger partial charge in [0.25, 0.3) is 11.8 Å². The Morgan fingerprint density at radius 3 is 2.37 bits per heavy atom. The van der Waals surface area contributed by atoms with E-state index >= 15 is 0 Å². The van der Waals surface area contributed by atoms with Gasteiger partial charge in [-0.2, -0.15) is 0 Å². The highest BCUT2D eigenvalue weighted by Crippen LogP contribution is 2.24. The molecule has 1 fully saturated rings. The lowest BCUT2D eigenvalue weighted by Crippen LogP contribution is -2.54. The van der Waals surface area contributed by atoms with Gasteiger partial charge in [0.2, 0.25) is 0 Å². The standard InChI is InChI=1S/C27H22N2O6/c1-17-6-8-18(9-7-17)16-35-22-5-3-4-19(14-22)15-23-24(30)28-27(33)29(25(23)31)21-12-10-20(11-13-21)26(32)34-2/h3-15H,16H2,1-2H3,(H,28,30,33)/b23-15-. The molecule has 3 aromatic carbocycles. The zero-order chi connectivity index (χ0) is 24.9. The molecule has 0 aromatic heterocycles. The number of anilines is 1. The molecule has 0 bridgehead atoms. The van der Waals surface area contributed by atoms with Gasteiger partial charge >= 0.3 is 12.0 Å². The quantitative estimate of drug-likeness (QED) is 0.332. The second-order valence-corrected chi connectivity index (χ2v) is 7.84. The van der Waals surface area contributed by atoms with Gasteiger partial charge in [0.1, 0.15) is 17.9 Å². The van der Waals surface area contributed by atoms with Crippen molar-refractivity contribution >= 4 is 35.6 Å². The van der Waals surface area contributed by atoms with Crippen LogP contribution in [0, 0.1) is 6.92 Å². The van der Waals surface area contributed by atoms with Gasteiger partial charge in [0, 0.05) is 0 Å². The fourth-order valence-electron chi connectivity index (χ4n) is 3.47. The molecule has 0 spiro atoms. The van der Waals surface area contributed by atoms with E-state index in [9.17, 15) is 19.2 Å². The molecule has 0 atom stereocenters. The van der Waals surface area contributed by atoms with Crippen molar-refractivity contribution < 1.29 is 28.7 Å². The molecular formula is C27H22N2O6. The van der Waals surface area contributed by atoms with Crippen molar-refractivity contribution in [1.82, 2.24) is 5.32 Å². The highest BCUT2D eigenvalue weighted by molar-refractivity contribution is 6.39. The second-order valence-electron chi connectivity index (χ2n) is 7.84. The number of methoxy groups -OCH3 is 1. The van der Waals surface area contributed by atoms with Crippen molar-refractivity contribution in [3.05, 3.63) is 101 Å². The van der Waals surface area contributed by atoms with Gasteiger partial charge in [-0.05, 0) is 60.5 Å². The van der Waals surface area contributed by atoms with E-state index in [1.807, 2.05) is 31.2 Å². The van der Waals surface area contributed by atoms with E-state index in [1.165, 1.54) is 37.5 Å². The van der Waals surface area contributed by atoms with Crippen LogP contribution in [0.15, 0.2) is 78.4 Å². The molecule has 1 heterocycles. The average Bonchev–Trinajstić information content (AvgIpc) is 2.86. The molecule has 0 unspecified atom stereocenters. The number of hydrogen-bond acceptors (Lipinski definition) is 6.